The van der Waals surface area contributed by atoms with E-state index < -0.39 is 11.9 Å². The molecule has 0 atom stereocenters. The number of carbonyl (C=O) groups excluding carboxylic acids is 2. The normalized spacial score (nSPS) is 10.4. The van der Waals surface area contributed by atoms with Crippen LogP contribution in [0.3, 0.4) is 0 Å². The summed E-state index contributed by atoms with van der Waals surface area (Å²) in [6.45, 7) is 0. The van der Waals surface area contributed by atoms with Crippen LogP contribution in [0, 0.1) is 0 Å². The SMILES string of the molecule is NC(=O)NC(=O)CCSCc1nc(Cc2ccccc2)no1. The van der Waals surface area contributed by atoms with Crippen molar-refractivity contribution in [2.75, 3.05) is 5.75 Å². The first kappa shape index (κ1) is 16.0. The van der Waals surface area contributed by atoms with Crippen molar-refractivity contribution in [3.05, 3.63) is 47.6 Å². The number of amides is 3. The number of hydrogen-bond donors (Lipinski definition) is 2. The van der Waals surface area contributed by atoms with Gasteiger partial charge in [-0.15, -0.1) is 0 Å². The van der Waals surface area contributed by atoms with Crippen LogP contribution in [-0.4, -0.2) is 27.8 Å². The van der Waals surface area contributed by atoms with Gasteiger partial charge in [-0.25, -0.2) is 4.79 Å². The fraction of sp³-hybridized carbons (Fsp3) is 0.286. The van der Waals surface area contributed by atoms with Gasteiger partial charge in [-0.1, -0.05) is 35.5 Å². The number of carbonyl (C=O) groups is 2. The second-order valence-electron chi connectivity index (χ2n) is 4.48. The smallest absolute Gasteiger partial charge is 0.318 e. The van der Waals surface area contributed by atoms with Crippen LogP contribution in [0.5, 0.6) is 0 Å². The summed E-state index contributed by atoms with van der Waals surface area (Å²) in [5.41, 5.74) is 5.96. The summed E-state index contributed by atoms with van der Waals surface area (Å²) in [5, 5.41) is 5.93. The maximum Gasteiger partial charge on any atom is 0.318 e. The van der Waals surface area contributed by atoms with Gasteiger partial charge in [0.25, 0.3) is 0 Å². The summed E-state index contributed by atoms with van der Waals surface area (Å²) >= 11 is 1.47. The zero-order valence-electron chi connectivity index (χ0n) is 11.8. The molecule has 22 heavy (non-hydrogen) atoms. The molecule has 1 aromatic heterocycles. The van der Waals surface area contributed by atoms with E-state index in [0.29, 0.717) is 29.6 Å². The van der Waals surface area contributed by atoms with Crippen LogP contribution in [0.2, 0.25) is 0 Å². The molecule has 0 aliphatic heterocycles. The number of urea groups is 1. The summed E-state index contributed by atoms with van der Waals surface area (Å²) in [7, 11) is 0. The van der Waals surface area contributed by atoms with Gasteiger partial charge in [0.05, 0.1) is 5.75 Å². The van der Waals surface area contributed by atoms with Gasteiger partial charge in [0.1, 0.15) is 0 Å². The van der Waals surface area contributed by atoms with Gasteiger partial charge in [-0.05, 0) is 5.56 Å². The second kappa shape index (κ2) is 8.18. The number of thioether (sulfide) groups is 1. The number of imide groups is 1. The van der Waals surface area contributed by atoms with Gasteiger partial charge < -0.3 is 10.3 Å². The number of nitrogens with one attached hydrogen (secondary N) is 1. The second-order valence-corrected chi connectivity index (χ2v) is 5.59. The Morgan fingerprint density at radius 3 is 2.77 bits per heavy atom. The summed E-state index contributed by atoms with van der Waals surface area (Å²) < 4.78 is 5.15. The summed E-state index contributed by atoms with van der Waals surface area (Å²) in [5.74, 6) is 1.82. The van der Waals surface area contributed by atoms with Crippen LogP contribution in [0.15, 0.2) is 34.9 Å². The Balaban J connectivity index is 1.71. The molecule has 0 fully saturated rings. The minimum atomic E-state index is -0.836. The first-order chi connectivity index (χ1) is 10.6. The fourth-order valence-corrected chi connectivity index (χ4v) is 2.49. The molecule has 2 rings (SSSR count). The third-order valence-electron chi connectivity index (χ3n) is 2.68. The first-order valence-electron chi connectivity index (χ1n) is 6.66. The van der Waals surface area contributed by atoms with Crippen LogP contribution in [0.25, 0.3) is 0 Å². The number of nitrogens with two attached hydrogens (primary N) is 1. The van der Waals surface area contributed by atoms with E-state index in [9.17, 15) is 9.59 Å². The van der Waals surface area contributed by atoms with Crippen LogP contribution < -0.4 is 11.1 Å². The average molecular weight is 320 g/mol. The Labute approximate surface area is 131 Å². The molecule has 7 nitrogen and oxygen atoms in total. The topological polar surface area (TPSA) is 111 Å². The Morgan fingerprint density at radius 2 is 2.05 bits per heavy atom. The monoisotopic (exact) mass is 320 g/mol. The number of aromatic nitrogens is 2. The van der Waals surface area contributed by atoms with E-state index in [-0.39, 0.29) is 6.42 Å². The average Bonchev–Trinajstić information content (AvgIpc) is 2.91. The van der Waals surface area contributed by atoms with Crippen LogP contribution in [0.4, 0.5) is 4.79 Å². The number of nitrogens with zero attached hydrogens (tertiary/aromatic N) is 2. The van der Waals surface area contributed by atoms with Crippen LogP contribution >= 0.6 is 11.8 Å². The molecule has 1 heterocycles. The summed E-state index contributed by atoms with van der Waals surface area (Å²) in [6.07, 6.45) is 0.828. The maximum atomic E-state index is 11.2. The summed E-state index contributed by atoms with van der Waals surface area (Å²) in [4.78, 5) is 26.0. The van der Waals surface area contributed by atoms with E-state index in [1.54, 1.807) is 0 Å². The number of hydrogen-bond acceptors (Lipinski definition) is 6. The number of primary amides is 1. The lowest BCUT2D eigenvalue weighted by Crippen LogP contribution is -2.35. The zero-order valence-corrected chi connectivity index (χ0v) is 12.6. The molecule has 0 spiro atoms. The van der Waals surface area contributed by atoms with Crippen LogP contribution in [0.1, 0.15) is 23.7 Å². The summed E-state index contributed by atoms with van der Waals surface area (Å²) in [6, 6.07) is 9.05. The van der Waals surface area contributed by atoms with E-state index in [1.807, 2.05) is 35.6 Å². The number of rotatable bonds is 7. The predicted molar refractivity (Wildman–Crippen MR) is 82.1 cm³/mol. The molecule has 0 bridgehead atoms. The van der Waals surface area contributed by atoms with E-state index >= 15 is 0 Å². The molecule has 0 saturated carbocycles. The van der Waals surface area contributed by atoms with E-state index in [4.69, 9.17) is 10.3 Å². The molecule has 2 aromatic rings. The molecular weight excluding hydrogens is 304 g/mol. The Bertz CT molecular complexity index is 630. The highest BCUT2D eigenvalue weighted by Crippen LogP contribution is 2.13. The van der Waals surface area contributed by atoms with Gasteiger partial charge in [-0.2, -0.15) is 16.7 Å². The van der Waals surface area contributed by atoms with E-state index in [2.05, 4.69) is 10.1 Å². The molecule has 0 radical (unpaired) electrons. The molecule has 0 saturated heterocycles. The Morgan fingerprint density at radius 1 is 1.27 bits per heavy atom. The maximum absolute atomic E-state index is 11.2. The highest BCUT2D eigenvalue weighted by molar-refractivity contribution is 7.98. The van der Waals surface area contributed by atoms with Crippen LogP contribution in [-0.2, 0) is 17.0 Å². The quantitative estimate of drug-likeness (QED) is 0.747. The van der Waals surface area contributed by atoms with Crippen molar-refractivity contribution < 1.29 is 14.1 Å². The van der Waals surface area contributed by atoms with Gasteiger partial charge in [-0.3, -0.25) is 10.1 Å². The predicted octanol–water partition coefficient (Wildman–Crippen LogP) is 1.48. The highest BCUT2D eigenvalue weighted by Gasteiger charge is 2.08. The molecular formula is C14H16N4O3S. The molecule has 0 aliphatic carbocycles. The standard InChI is InChI=1S/C14H16N4O3S/c15-14(20)17-12(19)6-7-22-9-13-16-11(18-21-13)8-10-4-2-1-3-5-10/h1-5H,6-9H2,(H3,15,17,19,20). The van der Waals surface area contributed by atoms with Crippen molar-refractivity contribution >= 4 is 23.7 Å². The van der Waals surface area contributed by atoms with Crippen molar-refractivity contribution in [3.8, 4) is 0 Å². The molecule has 3 N–H and O–H groups in total. The van der Waals surface area contributed by atoms with Crippen molar-refractivity contribution in [3.63, 3.8) is 0 Å². The molecule has 0 unspecified atom stereocenters. The lowest BCUT2D eigenvalue weighted by Gasteiger charge is -1.99. The fourth-order valence-electron chi connectivity index (χ4n) is 1.72. The minimum absolute atomic E-state index is 0.207. The molecule has 3 amide bonds. The molecule has 8 heteroatoms. The lowest BCUT2D eigenvalue weighted by atomic mass is 10.1. The van der Waals surface area contributed by atoms with Crippen molar-refractivity contribution in [2.24, 2.45) is 5.73 Å². The Kier molecular flexibility index (Phi) is 5.96. The third kappa shape index (κ3) is 5.57. The van der Waals surface area contributed by atoms with Gasteiger partial charge in [0, 0.05) is 18.6 Å². The highest BCUT2D eigenvalue weighted by atomic mass is 32.2. The van der Waals surface area contributed by atoms with Gasteiger partial charge >= 0.3 is 6.03 Å². The number of benzene rings is 1. The minimum Gasteiger partial charge on any atom is -0.351 e. The zero-order chi connectivity index (χ0) is 15.8. The van der Waals surface area contributed by atoms with E-state index in [0.717, 1.165) is 5.56 Å². The molecule has 1 aromatic carbocycles. The van der Waals surface area contributed by atoms with Crippen molar-refractivity contribution in [2.45, 2.75) is 18.6 Å². The molecule has 116 valence electrons. The third-order valence-corrected chi connectivity index (χ3v) is 3.62. The largest absolute Gasteiger partial charge is 0.351 e. The molecule has 0 aliphatic rings. The lowest BCUT2D eigenvalue weighted by molar-refractivity contribution is -0.119. The van der Waals surface area contributed by atoms with E-state index in [1.165, 1.54) is 11.8 Å². The van der Waals surface area contributed by atoms with Crippen molar-refractivity contribution in [1.82, 2.24) is 15.5 Å². The van der Waals surface area contributed by atoms with Crippen molar-refractivity contribution in [1.29, 1.82) is 0 Å². The van der Waals surface area contributed by atoms with Gasteiger partial charge in [0.15, 0.2) is 5.82 Å². The Hall–Kier alpha value is -2.35. The van der Waals surface area contributed by atoms with Gasteiger partial charge in [0.2, 0.25) is 11.8 Å². The first-order valence-corrected chi connectivity index (χ1v) is 7.81.